The van der Waals surface area contributed by atoms with E-state index in [0.717, 1.165) is 5.69 Å². The molecule has 10 heteroatoms. The van der Waals surface area contributed by atoms with Crippen LogP contribution in [0.25, 0.3) is 0 Å². The Bertz CT molecular complexity index is 1450. The van der Waals surface area contributed by atoms with Crippen LogP contribution >= 0.6 is 0 Å². The summed E-state index contributed by atoms with van der Waals surface area (Å²) in [6.45, 7) is 2.28. The number of nitriles is 1. The average molecular weight is 532 g/mol. The lowest BCUT2D eigenvalue weighted by molar-refractivity contribution is -0.141. The fourth-order valence-corrected chi connectivity index (χ4v) is 5.06. The van der Waals surface area contributed by atoms with Crippen molar-refractivity contribution < 1.29 is 23.0 Å². The number of aliphatic imine (C=N–C) groups is 1. The van der Waals surface area contributed by atoms with E-state index in [1.165, 1.54) is 32.4 Å². The number of nitrogens with zero attached hydrogens (tertiary/aromatic N) is 5. The molecule has 0 amide bonds. The lowest BCUT2D eigenvalue weighted by Crippen LogP contribution is -2.55. The van der Waals surface area contributed by atoms with Crippen molar-refractivity contribution in [1.82, 2.24) is 4.90 Å². The SMILES string of the molecule is COC(=O)CC1c2cccc(F)c2N=C(N2CCN(c3ccc(F)cc3)CC2)N1c1cc(C#N)ccc1OC. The Labute approximate surface area is 225 Å². The molecular weight excluding hydrogens is 504 g/mol. The third-order valence-electron chi connectivity index (χ3n) is 7.03. The standard InChI is InChI=1S/C29H27F2N5O3/c1-38-26-11-6-19(18-32)16-25(26)36-24(17-27(37)39-2)22-4-3-5-23(31)28(22)33-29(36)35-14-12-34(13-15-35)21-9-7-20(30)8-10-21/h3-11,16,24H,12-15,17H2,1-2H3. The maximum atomic E-state index is 15.1. The zero-order valence-electron chi connectivity index (χ0n) is 21.6. The molecule has 1 unspecified atom stereocenters. The predicted octanol–water partition coefficient (Wildman–Crippen LogP) is 4.78. The molecule has 1 atom stereocenters. The van der Waals surface area contributed by atoms with Gasteiger partial charge >= 0.3 is 5.97 Å². The minimum atomic E-state index is -0.673. The third-order valence-corrected chi connectivity index (χ3v) is 7.03. The van der Waals surface area contributed by atoms with Gasteiger partial charge in [0.05, 0.1) is 44.0 Å². The van der Waals surface area contributed by atoms with Crippen LogP contribution in [0.1, 0.15) is 23.6 Å². The van der Waals surface area contributed by atoms with Crippen LogP contribution in [0.5, 0.6) is 5.75 Å². The van der Waals surface area contributed by atoms with Gasteiger partial charge < -0.3 is 24.2 Å². The molecule has 0 spiro atoms. The number of benzene rings is 3. The molecule has 0 radical (unpaired) electrons. The Balaban J connectivity index is 1.60. The van der Waals surface area contributed by atoms with Crippen molar-refractivity contribution in [3.05, 3.63) is 83.4 Å². The number of anilines is 2. The first-order valence-corrected chi connectivity index (χ1v) is 12.5. The summed E-state index contributed by atoms with van der Waals surface area (Å²) in [6, 6.07) is 17.5. The van der Waals surface area contributed by atoms with Crippen LogP contribution in [-0.4, -0.2) is 57.2 Å². The van der Waals surface area contributed by atoms with E-state index in [-0.39, 0.29) is 17.9 Å². The summed E-state index contributed by atoms with van der Waals surface area (Å²) in [7, 11) is 2.83. The molecule has 0 N–H and O–H groups in total. The number of para-hydroxylation sites is 1. The van der Waals surface area contributed by atoms with Crippen LogP contribution in [0.4, 0.5) is 25.8 Å². The highest BCUT2D eigenvalue weighted by Gasteiger charge is 2.39. The number of guanidine groups is 1. The van der Waals surface area contributed by atoms with Crippen molar-refractivity contribution in [2.24, 2.45) is 4.99 Å². The van der Waals surface area contributed by atoms with Gasteiger partial charge in [-0.25, -0.2) is 13.8 Å². The lowest BCUT2D eigenvalue weighted by atomic mass is 9.96. The Hall–Kier alpha value is -4.65. The molecule has 8 nitrogen and oxygen atoms in total. The van der Waals surface area contributed by atoms with Crippen LogP contribution in [-0.2, 0) is 9.53 Å². The monoisotopic (exact) mass is 531 g/mol. The van der Waals surface area contributed by atoms with E-state index in [2.05, 4.69) is 11.0 Å². The molecule has 0 aromatic heterocycles. The average Bonchev–Trinajstić information content (AvgIpc) is 2.97. The first-order chi connectivity index (χ1) is 18.9. The molecule has 0 bridgehead atoms. The molecule has 1 saturated heterocycles. The van der Waals surface area contributed by atoms with E-state index < -0.39 is 17.8 Å². The summed E-state index contributed by atoms with van der Waals surface area (Å²) in [5.74, 6) is -0.356. The maximum absolute atomic E-state index is 15.1. The summed E-state index contributed by atoms with van der Waals surface area (Å²) in [6.07, 6.45) is -0.0819. The van der Waals surface area contributed by atoms with Crippen molar-refractivity contribution in [2.45, 2.75) is 12.5 Å². The topological polar surface area (TPSA) is 81.4 Å². The Kier molecular flexibility index (Phi) is 7.32. The second-order valence-electron chi connectivity index (χ2n) is 9.20. The van der Waals surface area contributed by atoms with E-state index in [0.29, 0.717) is 54.7 Å². The van der Waals surface area contributed by atoms with Gasteiger partial charge in [-0.2, -0.15) is 5.26 Å². The molecule has 39 heavy (non-hydrogen) atoms. The maximum Gasteiger partial charge on any atom is 0.307 e. The second kappa shape index (κ2) is 11.0. The van der Waals surface area contributed by atoms with Gasteiger partial charge in [-0.05, 0) is 48.5 Å². The minimum absolute atomic E-state index is 0.0819. The van der Waals surface area contributed by atoms with Gasteiger partial charge in [0, 0.05) is 37.4 Å². The van der Waals surface area contributed by atoms with E-state index >= 15 is 4.39 Å². The van der Waals surface area contributed by atoms with Crippen LogP contribution in [0.2, 0.25) is 0 Å². The highest BCUT2D eigenvalue weighted by Crippen LogP contribution is 2.44. The number of esters is 1. The first kappa shape index (κ1) is 26.0. The first-order valence-electron chi connectivity index (χ1n) is 12.5. The number of ether oxygens (including phenoxy) is 2. The van der Waals surface area contributed by atoms with Crippen molar-refractivity contribution in [2.75, 3.05) is 50.2 Å². The number of piperazine rings is 1. The molecule has 0 aliphatic carbocycles. The third kappa shape index (κ3) is 5.08. The van der Waals surface area contributed by atoms with Crippen molar-refractivity contribution in [3.8, 4) is 11.8 Å². The predicted molar refractivity (Wildman–Crippen MR) is 143 cm³/mol. The van der Waals surface area contributed by atoms with E-state index in [1.807, 2.05) is 9.80 Å². The van der Waals surface area contributed by atoms with Crippen molar-refractivity contribution in [3.63, 3.8) is 0 Å². The summed E-state index contributed by atoms with van der Waals surface area (Å²) in [4.78, 5) is 23.4. The number of halogens is 2. The second-order valence-corrected chi connectivity index (χ2v) is 9.20. The summed E-state index contributed by atoms with van der Waals surface area (Å²) < 4.78 is 39.3. The Morgan fingerprint density at radius 3 is 2.41 bits per heavy atom. The number of fused-ring (bicyclic) bond motifs is 1. The van der Waals surface area contributed by atoms with Gasteiger partial charge in [-0.3, -0.25) is 4.79 Å². The number of hydrogen-bond acceptors (Lipinski definition) is 8. The molecular formula is C29H27F2N5O3. The van der Waals surface area contributed by atoms with Gasteiger partial charge in [0.1, 0.15) is 23.1 Å². The van der Waals surface area contributed by atoms with Crippen molar-refractivity contribution in [1.29, 1.82) is 5.26 Å². The molecule has 1 fully saturated rings. The minimum Gasteiger partial charge on any atom is -0.495 e. The fourth-order valence-electron chi connectivity index (χ4n) is 5.06. The highest BCUT2D eigenvalue weighted by molar-refractivity contribution is 6.02. The quantitative estimate of drug-likeness (QED) is 0.439. The molecule has 2 aliphatic heterocycles. The van der Waals surface area contributed by atoms with E-state index in [9.17, 15) is 14.4 Å². The summed E-state index contributed by atoms with van der Waals surface area (Å²) in [5, 5.41) is 9.63. The Morgan fingerprint density at radius 2 is 1.74 bits per heavy atom. The van der Waals surface area contributed by atoms with E-state index in [4.69, 9.17) is 14.5 Å². The largest absolute Gasteiger partial charge is 0.495 e. The molecule has 5 rings (SSSR count). The normalized spacial score (nSPS) is 16.7. The molecule has 3 aromatic rings. The molecule has 3 aromatic carbocycles. The molecule has 2 aliphatic rings. The number of rotatable bonds is 5. The number of carbonyl (C=O) groups excluding carboxylic acids is 1. The summed E-state index contributed by atoms with van der Waals surface area (Å²) in [5.41, 5.74) is 2.52. The highest BCUT2D eigenvalue weighted by atomic mass is 19.1. The van der Waals surface area contributed by atoms with Gasteiger partial charge in [-0.1, -0.05) is 12.1 Å². The number of methoxy groups -OCH3 is 2. The lowest BCUT2D eigenvalue weighted by Gasteiger charge is -2.45. The molecule has 2 heterocycles. The zero-order valence-corrected chi connectivity index (χ0v) is 21.6. The van der Waals surface area contributed by atoms with E-state index in [1.54, 1.807) is 42.5 Å². The fraction of sp³-hybridized carbons (Fsp3) is 0.276. The van der Waals surface area contributed by atoms with Crippen LogP contribution in [0, 0.1) is 23.0 Å². The van der Waals surface area contributed by atoms with Crippen LogP contribution in [0.15, 0.2) is 65.7 Å². The van der Waals surface area contributed by atoms with Crippen LogP contribution < -0.4 is 14.5 Å². The van der Waals surface area contributed by atoms with Gasteiger partial charge in [0.15, 0.2) is 0 Å². The number of carbonyl (C=O) groups is 1. The van der Waals surface area contributed by atoms with Gasteiger partial charge in [0.2, 0.25) is 5.96 Å². The number of hydrogen-bond donors (Lipinski definition) is 0. The Morgan fingerprint density at radius 1 is 1.03 bits per heavy atom. The van der Waals surface area contributed by atoms with Crippen LogP contribution in [0.3, 0.4) is 0 Å². The molecule has 200 valence electrons. The molecule has 0 saturated carbocycles. The van der Waals surface area contributed by atoms with Gasteiger partial charge in [-0.15, -0.1) is 0 Å². The zero-order chi connectivity index (χ0) is 27.5. The smallest absolute Gasteiger partial charge is 0.307 e. The summed E-state index contributed by atoms with van der Waals surface area (Å²) >= 11 is 0. The van der Waals surface area contributed by atoms with Gasteiger partial charge in [0.25, 0.3) is 0 Å². The van der Waals surface area contributed by atoms with Crippen molar-refractivity contribution >= 4 is 29.0 Å².